The third kappa shape index (κ3) is 3.49. The van der Waals surface area contributed by atoms with Crippen molar-refractivity contribution in [1.82, 2.24) is 9.80 Å². The highest BCUT2D eigenvalue weighted by Gasteiger charge is 2.29. The summed E-state index contributed by atoms with van der Waals surface area (Å²) in [5.41, 5.74) is 1.26. The summed E-state index contributed by atoms with van der Waals surface area (Å²) in [4.78, 5) is 28.9. The van der Waals surface area contributed by atoms with Crippen LogP contribution in [0.1, 0.15) is 32.6 Å². The van der Waals surface area contributed by atoms with E-state index in [1.54, 1.807) is 19.1 Å². The molecule has 3 aliphatic rings. The number of ether oxygens (including phenoxy) is 1. The first kappa shape index (κ1) is 17.1. The van der Waals surface area contributed by atoms with E-state index >= 15 is 0 Å². The molecule has 1 aromatic carbocycles. The lowest BCUT2D eigenvalue weighted by atomic mass is 10.0. The molecule has 0 spiro atoms. The van der Waals surface area contributed by atoms with Crippen molar-refractivity contribution in [2.75, 3.05) is 36.8 Å². The summed E-state index contributed by atoms with van der Waals surface area (Å²) >= 11 is 0. The first-order valence-corrected chi connectivity index (χ1v) is 9.52. The Labute approximate surface area is 153 Å². The number of anilines is 2. The largest absolute Gasteiger partial charge is 0.479 e. The molecule has 0 aromatic heterocycles. The molecule has 3 aliphatic heterocycles. The number of rotatable bonds is 2. The number of nitrogens with one attached hydrogen (secondary N) is 2. The van der Waals surface area contributed by atoms with Crippen molar-refractivity contribution in [3.05, 3.63) is 18.2 Å². The number of urea groups is 1. The number of nitrogens with zero attached hydrogens (tertiary/aromatic N) is 2. The van der Waals surface area contributed by atoms with Crippen LogP contribution < -0.4 is 15.4 Å². The predicted molar refractivity (Wildman–Crippen MR) is 99.6 cm³/mol. The smallest absolute Gasteiger partial charge is 0.321 e. The summed E-state index contributed by atoms with van der Waals surface area (Å²) in [6.07, 6.45) is 4.25. The maximum absolute atomic E-state index is 12.7. The Kier molecular flexibility index (Phi) is 4.72. The molecule has 26 heavy (non-hydrogen) atoms. The Hall–Kier alpha value is -2.28. The molecule has 3 heterocycles. The summed E-state index contributed by atoms with van der Waals surface area (Å²) < 4.78 is 5.55. The van der Waals surface area contributed by atoms with Gasteiger partial charge in [-0.1, -0.05) is 0 Å². The molecular formula is C19H26N4O3. The Morgan fingerprint density at radius 2 is 2.04 bits per heavy atom. The maximum atomic E-state index is 12.7. The lowest BCUT2D eigenvalue weighted by Crippen LogP contribution is -2.50. The van der Waals surface area contributed by atoms with Gasteiger partial charge in [-0.25, -0.2) is 4.79 Å². The summed E-state index contributed by atoms with van der Waals surface area (Å²) in [7, 11) is 0. The highest BCUT2D eigenvalue weighted by molar-refractivity contribution is 5.99. The fraction of sp³-hybridized carbons (Fsp3) is 0.579. The number of hydrogen-bond donors (Lipinski definition) is 2. The summed E-state index contributed by atoms with van der Waals surface area (Å²) in [6, 6.07) is 5.74. The first-order valence-electron chi connectivity index (χ1n) is 9.52. The molecule has 2 saturated heterocycles. The quantitative estimate of drug-likeness (QED) is 0.852. The predicted octanol–water partition coefficient (Wildman–Crippen LogP) is 2.50. The molecule has 7 heteroatoms. The molecule has 2 atom stereocenters. The van der Waals surface area contributed by atoms with E-state index in [1.165, 1.54) is 19.3 Å². The Morgan fingerprint density at radius 3 is 2.85 bits per heavy atom. The van der Waals surface area contributed by atoms with E-state index in [2.05, 4.69) is 15.5 Å². The number of piperidine rings is 1. The van der Waals surface area contributed by atoms with Crippen LogP contribution in [0.3, 0.4) is 0 Å². The number of amides is 3. The van der Waals surface area contributed by atoms with Gasteiger partial charge in [-0.15, -0.1) is 0 Å². The van der Waals surface area contributed by atoms with Crippen molar-refractivity contribution in [1.29, 1.82) is 0 Å². The Balaban J connectivity index is 1.40. The van der Waals surface area contributed by atoms with Gasteiger partial charge in [-0.05, 0) is 63.9 Å². The Morgan fingerprint density at radius 1 is 1.23 bits per heavy atom. The third-order valence-electron chi connectivity index (χ3n) is 5.50. The SMILES string of the molecule is C[C@@H]1Oc2ccc(NC(=O)N3CCC[C@@H](N4CCCC4)C3)cc2NC1=O. The Bertz CT molecular complexity index is 702. The molecule has 2 fully saturated rings. The molecule has 2 N–H and O–H groups in total. The zero-order valence-electron chi connectivity index (χ0n) is 15.2. The van der Waals surface area contributed by atoms with Gasteiger partial charge in [0.15, 0.2) is 6.10 Å². The van der Waals surface area contributed by atoms with Crippen LogP contribution in [0.2, 0.25) is 0 Å². The van der Waals surface area contributed by atoms with Gasteiger partial charge in [0.05, 0.1) is 5.69 Å². The summed E-state index contributed by atoms with van der Waals surface area (Å²) in [5.74, 6) is 0.452. The van der Waals surface area contributed by atoms with Crippen LogP contribution in [-0.4, -0.2) is 60.1 Å². The van der Waals surface area contributed by atoms with Crippen molar-refractivity contribution in [2.24, 2.45) is 0 Å². The fourth-order valence-corrected chi connectivity index (χ4v) is 4.03. The van der Waals surface area contributed by atoms with Crippen LogP contribution in [0.5, 0.6) is 5.75 Å². The van der Waals surface area contributed by atoms with E-state index in [4.69, 9.17) is 4.74 Å². The van der Waals surface area contributed by atoms with E-state index in [-0.39, 0.29) is 11.9 Å². The average molecular weight is 358 g/mol. The van der Waals surface area contributed by atoms with Gasteiger partial charge in [0.2, 0.25) is 0 Å². The topological polar surface area (TPSA) is 73.9 Å². The number of fused-ring (bicyclic) bond motifs is 1. The van der Waals surface area contributed by atoms with E-state index < -0.39 is 6.10 Å². The fourth-order valence-electron chi connectivity index (χ4n) is 4.03. The van der Waals surface area contributed by atoms with Crippen molar-refractivity contribution >= 4 is 23.3 Å². The van der Waals surface area contributed by atoms with Crippen LogP contribution in [0.4, 0.5) is 16.2 Å². The monoisotopic (exact) mass is 358 g/mol. The molecule has 1 aromatic rings. The lowest BCUT2D eigenvalue weighted by Gasteiger charge is -2.37. The summed E-state index contributed by atoms with van der Waals surface area (Å²) in [5, 5.41) is 5.77. The minimum atomic E-state index is -0.501. The highest BCUT2D eigenvalue weighted by atomic mass is 16.5. The van der Waals surface area contributed by atoms with Gasteiger partial charge >= 0.3 is 6.03 Å². The number of carbonyl (C=O) groups is 2. The maximum Gasteiger partial charge on any atom is 0.321 e. The molecule has 7 nitrogen and oxygen atoms in total. The summed E-state index contributed by atoms with van der Waals surface area (Å²) in [6.45, 7) is 5.60. The van der Waals surface area contributed by atoms with E-state index in [9.17, 15) is 9.59 Å². The molecule has 0 bridgehead atoms. The van der Waals surface area contributed by atoms with Crippen LogP contribution >= 0.6 is 0 Å². The molecule has 0 saturated carbocycles. The average Bonchev–Trinajstić information content (AvgIpc) is 3.18. The second kappa shape index (κ2) is 7.15. The van der Waals surface area contributed by atoms with Gasteiger partial charge < -0.3 is 20.3 Å². The van der Waals surface area contributed by atoms with E-state index in [0.29, 0.717) is 23.2 Å². The van der Waals surface area contributed by atoms with Crippen molar-refractivity contribution < 1.29 is 14.3 Å². The van der Waals surface area contributed by atoms with Crippen molar-refractivity contribution in [3.63, 3.8) is 0 Å². The van der Waals surface area contributed by atoms with Crippen molar-refractivity contribution in [3.8, 4) is 5.75 Å². The number of benzene rings is 1. The van der Waals surface area contributed by atoms with Crippen LogP contribution in [0.15, 0.2) is 18.2 Å². The minimum Gasteiger partial charge on any atom is -0.479 e. The van der Waals surface area contributed by atoms with Crippen LogP contribution in [-0.2, 0) is 4.79 Å². The molecule has 4 rings (SSSR count). The number of hydrogen-bond acceptors (Lipinski definition) is 4. The highest BCUT2D eigenvalue weighted by Crippen LogP contribution is 2.32. The number of likely N-dealkylation sites (tertiary alicyclic amines) is 2. The molecular weight excluding hydrogens is 332 g/mol. The number of carbonyl (C=O) groups excluding carboxylic acids is 2. The normalized spacial score (nSPS) is 26.0. The molecule has 0 aliphatic carbocycles. The standard InChI is InChI=1S/C19H26N4O3/c1-13-18(24)21-16-11-14(6-7-17(16)26-13)20-19(25)23-10-4-5-15(12-23)22-8-2-3-9-22/h6-7,11,13,15H,2-5,8-10,12H2,1H3,(H,20,25)(H,21,24)/t13-,15+/m0/s1. The zero-order chi connectivity index (χ0) is 18.1. The van der Waals surface area contributed by atoms with Gasteiger partial charge in [-0.2, -0.15) is 0 Å². The van der Waals surface area contributed by atoms with Gasteiger partial charge in [-0.3, -0.25) is 9.69 Å². The molecule has 0 unspecified atom stereocenters. The zero-order valence-corrected chi connectivity index (χ0v) is 15.2. The minimum absolute atomic E-state index is 0.0785. The van der Waals surface area contributed by atoms with E-state index in [1.807, 2.05) is 11.0 Å². The molecule has 3 amide bonds. The first-order chi connectivity index (χ1) is 12.6. The van der Waals surface area contributed by atoms with Crippen LogP contribution in [0, 0.1) is 0 Å². The van der Waals surface area contributed by atoms with Gasteiger partial charge in [0.1, 0.15) is 5.75 Å². The van der Waals surface area contributed by atoms with Crippen LogP contribution in [0.25, 0.3) is 0 Å². The van der Waals surface area contributed by atoms with Crippen molar-refractivity contribution in [2.45, 2.75) is 44.8 Å². The molecule has 0 radical (unpaired) electrons. The lowest BCUT2D eigenvalue weighted by molar-refractivity contribution is -0.122. The van der Waals surface area contributed by atoms with E-state index in [0.717, 1.165) is 32.6 Å². The van der Waals surface area contributed by atoms with Gasteiger partial charge in [0.25, 0.3) is 5.91 Å². The third-order valence-corrected chi connectivity index (χ3v) is 5.50. The second-order valence-electron chi connectivity index (χ2n) is 7.38. The molecule has 140 valence electrons. The second-order valence-corrected chi connectivity index (χ2v) is 7.38. The van der Waals surface area contributed by atoms with Gasteiger partial charge in [0, 0.05) is 24.8 Å².